The van der Waals surface area contributed by atoms with Crippen LogP contribution in [0.25, 0.3) is 0 Å². The Bertz CT molecular complexity index is 664. The normalized spacial score (nSPS) is 11.8. The molecule has 1 atom stereocenters. The van der Waals surface area contributed by atoms with Crippen LogP contribution in [0.2, 0.25) is 5.02 Å². The van der Waals surface area contributed by atoms with Crippen LogP contribution in [0.5, 0.6) is 5.75 Å². The molecule has 0 spiro atoms. The summed E-state index contributed by atoms with van der Waals surface area (Å²) in [5.74, 6) is -2.40. The minimum absolute atomic E-state index is 0.0655. The number of para-hydroxylation sites is 1. The molecule has 0 aliphatic carbocycles. The first-order valence-electron chi connectivity index (χ1n) is 6.14. The number of benzene rings is 2. The van der Waals surface area contributed by atoms with Crippen molar-refractivity contribution in [3.63, 3.8) is 0 Å². The zero-order valence-corrected chi connectivity index (χ0v) is 11.8. The Morgan fingerprint density at radius 1 is 1.19 bits per heavy atom. The average molecular weight is 312 g/mol. The first-order chi connectivity index (χ1) is 9.97. The molecule has 0 radical (unpaired) electrons. The fraction of sp³-hybridized carbons (Fsp3) is 0.133. The number of carbonyl (C=O) groups is 1. The molecular weight excluding hydrogens is 300 g/mol. The van der Waals surface area contributed by atoms with Crippen molar-refractivity contribution in [3.8, 4) is 5.75 Å². The highest BCUT2D eigenvalue weighted by Crippen LogP contribution is 2.21. The molecule has 21 heavy (non-hydrogen) atoms. The van der Waals surface area contributed by atoms with E-state index in [2.05, 4.69) is 5.32 Å². The topological polar surface area (TPSA) is 38.3 Å². The van der Waals surface area contributed by atoms with Gasteiger partial charge in [-0.3, -0.25) is 4.79 Å². The number of ether oxygens (including phenoxy) is 1. The molecule has 2 rings (SSSR count). The molecule has 6 heteroatoms. The maximum Gasteiger partial charge on any atom is 0.265 e. The van der Waals surface area contributed by atoms with E-state index < -0.39 is 23.6 Å². The van der Waals surface area contributed by atoms with Crippen molar-refractivity contribution in [1.29, 1.82) is 0 Å². The van der Waals surface area contributed by atoms with Gasteiger partial charge in [-0.2, -0.15) is 0 Å². The van der Waals surface area contributed by atoms with Crippen LogP contribution in [-0.2, 0) is 4.79 Å². The lowest BCUT2D eigenvalue weighted by atomic mass is 10.3. The van der Waals surface area contributed by atoms with E-state index in [1.807, 2.05) is 0 Å². The van der Waals surface area contributed by atoms with Gasteiger partial charge in [0.25, 0.3) is 5.91 Å². The Hall–Kier alpha value is -2.14. The summed E-state index contributed by atoms with van der Waals surface area (Å²) in [4.78, 5) is 12.0. The van der Waals surface area contributed by atoms with Gasteiger partial charge in [0, 0.05) is 6.07 Å². The number of rotatable bonds is 4. The lowest BCUT2D eigenvalue weighted by Crippen LogP contribution is -2.30. The third-order valence-corrected chi connectivity index (χ3v) is 3.03. The molecule has 3 nitrogen and oxygen atoms in total. The Morgan fingerprint density at radius 2 is 1.90 bits per heavy atom. The van der Waals surface area contributed by atoms with E-state index in [9.17, 15) is 13.6 Å². The predicted octanol–water partition coefficient (Wildman–Crippen LogP) is 4.02. The average Bonchev–Trinajstić information content (AvgIpc) is 2.45. The predicted molar refractivity (Wildman–Crippen MR) is 76.5 cm³/mol. The van der Waals surface area contributed by atoms with Crippen LogP contribution in [0.3, 0.4) is 0 Å². The highest BCUT2D eigenvalue weighted by molar-refractivity contribution is 6.33. The molecule has 1 unspecified atom stereocenters. The molecule has 2 aromatic carbocycles. The summed E-state index contributed by atoms with van der Waals surface area (Å²) in [6.45, 7) is 1.49. The summed E-state index contributed by atoms with van der Waals surface area (Å²) in [6, 6.07) is 9.81. The van der Waals surface area contributed by atoms with Crippen molar-refractivity contribution in [3.05, 3.63) is 59.1 Å². The second-order valence-electron chi connectivity index (χ2n) is 4.31. The van der Waals surface area contributed by atoms with Gasteiger partial charge in [-0.05, 0) is 31.2 Å². The van der Waals surface area contributed by atoms with Crippen molar-refractivity contribution >= 4 is 23.2 Å². The van der Waals surface area contributed by atoms with Gasteiger partial charge in [0.05, 0.1) is 10.7 Å². The van der Waals surface area contributed by atoms with E-state index in [1.54, 1.807) is 24.3 Å². The molecule has 1 amide bonds. The van der Waals surface area contributed by atoms with Crippen LogP contribution in [0, 0.1) is 11.6 Å². The number of carbonyl (C=O) groups excluding carboxylic acids is 1. The van der Waals surface area contributed by atoms with Crippen LogP contribution in [0.15, 0.2) is 42.5 Å². The zero-order chi connectivity index (χ0) is 15.4. The minimum atomic E-state index is -1.04. The van der Waals surface area contributed by atoms with E-state index in [-0.39, 0.29) is 5.75 Å². The molecule has 0 aliphatic rings. The highest BCUT2D eigenvalue weighted by atomic mass is 35.5. The molecule has 110 valence electrons. The molecule has 0 bridgehead atoms. The van der Waals surface area contributed by atoms with Gasteiger partial charge in [-0.25, -0.2) is 8.78 Å². The molecule has 0 heterocycles. The smallest absolute Gasteiger partial charge is 0.265 e. The number of nitrogens with one attached hydrogen (secondary N) is 1. The second kappa shape index (κ2) is 6.54. The monoisotopic (exact) mass is 311 g/mol. The van der Waals surface area contributed by atoms with Crippen molar-refractivity contribution in [2.24, 2.45) is 0 Å². The number of hydrogen-bond acceptors (Lipinski definition) is 2. The maximum atomic E-state index is 13.1. The van der Waals surface area contributed by atoms with Crippen LogP contribution >= 0.6 is 11.6 Å². The summed E-state index contributed by atoms with van der Waals surface area (Å²) in [7, 11) is 0. The van der Waals surface area contributed by atoms with Gasteiger partial charge in [0.15, 0.2) is 17.7 Å². The molecule has 0 aliphatic heterocycles. The fourth-order valence-electron chi connectivity index (χ4n) is 1.60. The third kappa shape index (κ3) is 3.92. The van der Waals surface area contributed by atoms with E-state index in [1.165, 1.54) is 13.0 Å². The molecule has 0 fully saturated rings. The summed E-state index contributed by atoms with van der Waals surface area (Å²) >= 11 is 5.92. The summed E-state index contributed by atoms with van der Waals surface area (Å²) in [5.41, 5.74) is 0.449. The van der Waals surface area contributed by atoms with Gasteiger partial charge in [0.1, 0.15) is 5.75 Å². The number of amides is 1. The molecule has 0 saturated heterocycles. The summed E-state index contributed by atoms with van der Waals surface area (Å²) in [5, 5.41) is 2.99. The van der Waals surface area contributed by atoms with Crippen LogP contribution in [-0.4, -0.2) is 12.0 Å². The van der Waals surface area contributed by atoms with Crippen LogP contribution in [0.4, 0.5) is 14.5 Å². The van der Waals surface area contributed by atoms with E-state index in [4.69, 9.17) is 16.3 Å². The fourth-order valence-corrected chi connectivity index (χ4v) is 1.79. The zero-order valence-electron chi connectivity index (χ0n) is 11.1. The Balaban J connectivity index is 2.02. The van der Waals surface area contributed by atoms with Crippen molar-refractivity contribution in [2.45, 2.75) is 13.0 Å². The van der Waals surface area contributed by atoms with Gasteiger partial charge in [-0.1, -0.05) is 23.7 Å². The Morgan fingerprint density at radius 3 is 2.57 bits per heavy atom. The molecule has 1 N–H and O–H groups in total. The first-order valence-corrected chi connectivity index (χ1v) is 6.52. The largest absolute Gasteiger partial charge is 0.481 e. The SMILES string of the molecule is CC(Oc1ccc(F)c(F)c1)C(=O)Nc1ccccc1Cl. The van der Waals surface area contributed by atoms with Gasteiger partial charge < -0.3 is 10.1 Å². The van der Waals surface area contributed by atoms with Gasteiger partial charge in [-0.15, -0.1) is 0 Å². The van der Waals surface area contributed by atoms with E-state index >= 15 is 0 Å². The quantitative estimate of drug-likeness (QED) is 0.926. The lowest BCUT2D eigenvalue weighted by molar-refractivity contribution is -0.122. The second-order valence-corrected chi connectivity index (χ2v) is 4.71. The number of halogens is 3. The number of hydrogen-bond donors (Lipinski definition) is 1. The minimum Gasteiger partial charge on any atom is -0.481 e. The van der Waals surface area contributed by atoms with Gasteiger partial charge in [0.2, 0.25) is 0 Å². The van der Waals surface area contributed by atoms with Crippen molar-refractivity contribution in [1.82, 2.24) is 0 Å². The standard InChI is InChI=1S/C15H12ClF2NO2/c1-9(21-10-6-7-12(17)13(18)8-10)15(20)19-14-5-3-2-4-11(14)16/h2-9H,1H3,(H,19,20). The van der Waals surface area contributed by atoms with E-state index in [0.717, 1.165) is 12.1 Å². The summed E-state index contributed by atoms with van der Waals surface area (Å²) in [6.07, 6.45) is -0.897. The first kappa shape index (κ1) is 15.3. The van der Waals surface area contributed by atoms with Crippen molar-refractivity contribution in [2.75, 3.05) is 5.32 Å². The molecule has 0 aromatic heterocycles. The maximum absolute atomic E-state index is 13.1. The third-order valence-electron chi connectivity index (χ3n) is 2.70. The highest BCUT2D eigenvalue weighted by Gasteiger charge is 2.16. The summed E-state index contributed by atoms with van der Waals surface area (Å²) < 4.78 is 31.1. The van der Waals surface area contributed by atoms with Gasteiger partial charge >= 0.3 is 0 Å². The van der Waals surface area contributed by atoms with E-state index in [0.29, 0.717) is 10.7 Å². The van der Waals surface area contributed by atoms with Crippen LogP contribution in [0.1, 0.15) is 6.92 Å². The molecule has 2 aromatic rings. The van der Waals surface area contributed by atoms with Crippen molar-refractivity contribution < 1.29 is 18.3 Å². The Kier molecular flexibility index (Phi) is 4.75. The Labute approximate surface area is 125 Å². The molecular formula is C15H12ClF2NO2. The van der Waals surface area contributed by atoms with Crippen LogP contribution < -0.4 is 10.1 Å². The molecule has 0 saturated carbocycles. The lowest BCUT2D eigenvalue weighted by Gasteiger charge is -2.15. The number of anilines is 1.